The molecule has 1 aromatic rings. The number of para-hydroxylation sites is 2. The van der Waals surface area contributed by atoms with Crippen LogP contribution in [0.4, 0.5) is 10.5 Å². The highest BCUT2D eigenvalue weighted by atomic mass is 16.5. The molecule has 2 heterocycles. The van der Waals surface area contributed by atoms with E-state index in [9.17, 15) is 9.59 Å². The molecule has 0 unspecified atom stereocenters. The molecule has 3 amide bonds. The summed E-state index contributed by atoms with van der Waals surface area (Å²) >= 11 is 0. The fraction of sp³-hybridized carbons (Fsp3) is 0.714. The van der Waals surface area contributed by atoms with Gasteiger partial charge in [-0.1, -0.05) is 12.1 Å². The predicted molar refractivity (Wildman–Crippen MR) is 132 cm³/mol. The minimum absolute atomic E-state index is 0.0105. The van der Waals surface area contributed by atoms with Gasteiger partial charge >= 0.3 is 6.03 Å². The van der Waals surface area contributed by atoms with Gasteiger partial charge in [-0.2, -0.15) is 0 Å². The van der Waals surface area contributed by atoms with Crippen molar-refractivity contribution in [3.05, 3.63) is 24.3 Å². The smallest absolute Gasteiger partial charge is 0.324 e. The first-order chi connectivity index (χ1) is 16.4. The zero-order valence-electron chi connectivity index (χ0n) is 20.7. The molecule has 0 aromatic heterocycles. The number of nitrogens with zero attached hydrogens (tertiary/aromatic N) is 2. The minimum Gasteiger partial charge on any atom is -0.487 e. The van der Waals surface area contributed by atoms with Gasteiger partial charge in [-0.25, -0.2) is 4.79 Å². The van der Waals surface area contributed by atoms with Crippen molar-refractivity contribution in [1.82, 2.24) is 10.2 Å². The Kier molecular flexibility index (Phi) is 5.53. The maximum atomic E-state index is 13.4. The Balaban J connectivity index is 1.05. The van der Waals surface area contributed by atoms with E-state index in [2.05, 4.69) is 12.2 Å². The molecule has 6 aliphatic rings. The van der Waals surface area contributed by atoms with E-state index < -0.39 is 0 Å². The summed E-state index contributed by atoms with van der Waals surface area (Å²) in [5.74, 6) is 3.67. The second-order valence-corrected chi connectivity index (χ2v) is 12.1. The highest BCUT2D eigenvalue weighted by molar-refractivity contribution is 5.94. The summed E-state index contributed by atoms with van der Waals surface area (Å²) in [5, 5.41) is 3.46. The topological polar surface area (TPSA) is 61.9 Å². The highest BCUT2D eigenvalue weighted by Crippen LogP contribution is 2.61. The molecule has 2 atom stereocenters. The molecule has 0 spiro atoms. The molecule has 6 nitrogen and oxygen atoms in total. The summed E-state index contributed by atoms with van der Waals surface area (Å²) in [4.78, 5) is 30.4. The molecule has 4 saturated carbocycles. The Morgan fingerprint density at radius 3 is 2.29 bits per heavy atom. The van der Waals surface area contributed by atoms with E-state index in [1.54, 1.807) is 0 Å². The van der Waals surface area contributed by atoms with Crippen LogP contribution in [0.3, 0.4) is 0 Å². The lowest BCUT2D eigenvalue weighted by molar-refractivity contribution is -0.130. The van der Waals surface area contributed by atoms with Gasteiger partial charge in [-0.15, -0.1) is 0 Å². The van der Waals surface area contributed by atoms with Crippen molar-refractivity contribution in [2.75, 3.05) is 24.5 Å². The number of piperidine rings is 1. The van der Waals surface area contributed by atoms with E-state index in [1.165, 1.54) is 38.5 Å². The van der Waals surface area contributed by atoms with Crippen molar-refractivity contribution in [2.24, 2.45) is 29.1 Å². The van der Waals surface area contributed by atoms with E-state index in [0.29, 0.717) is 25.0 Å². The average molecular weight is 466 g/mol. The van der Waals surface area contributed by atoms with Crippen LogP contribution in [0.1, 0.15) is 65.2 Å². The quantitative estimate of drug-likeness (QED) is 0.696. The molecule has 184 valence electrons. The van der Waals surface area contributed by atoms with E-state index in [1.807, 2.05) is 41.0 Å². The van der Waals surface area contributed by atoms with Crippen molar-refractivity contribution in [3.63, 3.8) is 0 Å². The molecule has 0 radical (unpaired) electrons. The molecule has 1 N–H and O–H groups in total. The molecule has 5 fully saturated rings. The maximum absolute atomic E-state index is 13.4. The number of urea groups is 1. The lowest BCUT2D eigenvalue weighted by atomic mass is 9.48. The second kappa shape index (κ2) is 8.46. The number of anilines is 1. The number of carbonyl (C=O) groups is 2. The summed E-state index contributed by atoms with van der Waals surface area (Å²) < 4.78 is 5.91. The number of fused-ring (bicyclic) bond motifs is 1. The Hall–Kier alpha value is -2.24. The van der Waals surface area contributed by atoms with Gasteiger partial charge in [0.25, 0.3) is 0 Å². The molecule has 4 aliphatic carbocycles. The summed E-state index contributed by atoms with van der Waals surface area (Å²) in [6.45, 7) is 6.09. The maximum Gasteiger partial charge on any atom is 0.324 e. The minimum atomic E-state index is -0.0340. The van der Waals surface area contributed by atoms with Crippen molar-refractivity contribution >= 4 is 17.6 Å². The SMILES string of the molecule is C[C@H]1CN(C(=O)N2CCC(C(=O)N[C@H](C)C34CC5CC(CC(C5)C3)C4)CC2)c2ccccc2O1. The van der Waals surface area contributed by atoms with Gasteiger partial charge in [0, 0.05) is 25.0 Å². The Bertz CT molecular complexity index is 919. The third kappa shape index (κ3) is 3.87. The fourth-order valence-corrected chi connectivity index (χ4v) is 8.27. The van der Waals surface area contributed by atoms with Gasteiger partial charge in [-0.3, -0.25) is 9.69 Å². The van der Waals surface area contributed by atoms with Crippen LogP contribution in [-0.2, 0) is 4.79 Å². The number of hydrogen-bond donors (Lipinski definition) is 1. The molecule has 6 heteroatoms. The monoisotopic (exact) mass is 465 g/mol. The van der Waals surface area contributed by atoms with E-state index in [4.69, 9.17) is 4.74 Å². The van der Waals surface area contributed by atoms with Gasteiger partial charge in [0.15, 0.2) is 0 Å². The average Bonchev–Trinajstić information content (AvgIpc) is 2.82. The number of hydrogen-bond acceptors (Lipinski definition) is 3. The standard InChI is InChI=1S/C28H39N3O3/c1-18-17-31(24-5-3-4-6-25(24)34-18)27(33)30-9-7-23(8-10-30)26(32)29-19(2)28-14-20-11-21(15-28)13-22(12-20)16-28/h3-6,18-23H,7-17H2,1-2H3,(H,29,32)/t18-,19+,20?,21?,22?,28?/m0/s1. The Morgan fingerprint density at radius 2 is 1.65 bits per heavy atom. The van der Waals surface area contributed by atoms with Gasteiger partial charge in [0.1, 0.15) is 11.9 Å². The third-order valence-electron chi connectivity index (χ3n) is 9.65. The molecule has 34 heavy (non-hydrogen) atoms. The molecule has 1 saturated heterocycles. The zero-order chi connectivity index (χ0) is 23.4. The summed E-state index contributed by atoms with van der Waals surface area (Å²) in [7, 11) is 0. The molecular formula is C28H39N3O3. The first kappa shape index (κ1) is 22.2. The van der Waals surface area contributed by atoms with Crippen LogP contribution < -0.4 is 15.0 Å². The van der Waals surface area contributed by atoms with Crippen molar-refractivity contribution < 1.29 is 14.3 Å². The van der Waals surface area contributed by atoms with Crippen LogP contribution in [0.2, 0.25) is 0 Å². The van der Waals surface area contributed by atoms with Crippen LogP contribution in [0, 0.1) is 29.1 Å². The van der Waals surface area contributed by atoms with Crippen LogP contribution >= 0.6 is 0 Å². The van der Waals surface area contributed by atoms with Crippen LogP contribution in [-0.4, -0.2) is 48.6 Å². The number of likely N-dealkylation sites (tertiary alicyclic amines) is 1. The number of benzene rings is 1. The predicted octanol–water partition coefficient (Wildman–Crippen LogP) is 4.83. The van der Waals surface area contributed by atoms with E-state index in [-0.39, 0.29) is 30.0 Å². The molecule has 7 rings (SSSR count). The molecule has 2 aliphatic heterocycles. The Morgan fingerprint density at radius 1 is 1.03 bits per heavy atom. The van der Waals surface area contributed by atoms with E-state index in [0.717, 1.165) is 42.0 Å². The fourth-order valence-electron chi connectivity index (χ4n) is 8.27. The summed E-state index contributed by atoms with van der Waals surface area (Å²) in [6, 6.07) is 8.05. The van der Waals surface area contributed by atoms with E-state index >= 15 is 0 Å². The zero-order valence-corrected chi connectivity index (χ0v) is 20.7. The van der Waals surface area contributed by atoms with Crippen LogP contribution in [0.25, 0.3) is 0 Å². The summed E-state index contributed by atoms with van der Waals surface area (Å²) in [5.41, 5.74) is 1.18. The Labute approximate surface area is 203 Å². The molecule has 4 bridgehead atoms. The third-order valence-corrected chi connectivity index (χ3v) is 9.65. The van der Waals surface area contributed by atoms with Crippen LogP contribution in [0.15, 0.2) is 24.3 Å². The second-order valence-electron chi connectivity index (χ2n) is 12.1. The van der Waals surface area contributed by atoms with Gasteiger partial charge in [0.05, 0.1) is 12.2 Å². The van der Waals surface area contributed by atoms with Crippen molar-refractivity contribution in [2.45, 2.75) is 77.4 Å². The number of ether oxygens (including phenoxy) is 1. The largest absolute Gasteiger partial charge is 0.487 e. The lowest BCUT2D eigenvalue weighted by Gasteiger charge is -2.59. The first-order valence-electron chi connectivity index (χ1n) is 13.5. The highest BCUT2D eigenvalue weighted by Gasteiger charge is 2.53. The summed E-state index contributed by atoms with van der Waals surface area (Å²) in [6.07, 6.45) is 9.68. The lowest BCUT2D eigenvalue weighted by Crippen LogP contribution is -2.57. The van der Waals surface area contributed by atoms with Crippen LogP contribution in [0.5, 0.6) is 5.75 Å². The number of nitrogens with one attached hydrogen (secondary N) is 1. The number of carbonyl (C=O) groups excluding carboxylic acids is 2. The van der Waals surface area contributed by atoms with Crippen molar-refractivity contribution in [3.8, 4) is 5.75 Å². The number of amides is 3. The first-order valence-corrected chi connectivity index (χ1v) is 13.5. The van der Waals surface area contributed by atoms with Gasteiger partial charge in [0.2, 0.25) is 5.91 Å². The number of rotatable bonds is 3. The molecule has 1 aromatic carbocycles. The van der Waals surface area contributed by atoms with Crippen molar-refractivity contribution in [1.29, 1.82) is 0 Å². The van der Waals surface area contributed by atoms with Gasteiger partial charge < -0.3 is 15.0 Å². The normalized spacial score (nSPS) is 35.5. The van der Waals surface area contributed by atoms with Gasteiger partial charge in [-0.05, 0) is 101 Å². The molecular weight excluding hydrogens is 426 g/mol.